The van der Waals surface area contributed by atoms with Crippen LogP contribution in [0.2, 0.25) is 0 Å². The zero-order valence-corrected chi connectivity index (χ0v) is 15.8. The van der Waals surface area contributed by atoms with Gasteiger partial charge in [0.2, 0.25) is 0 Å². The number of amides is 1. The van der Waals surface area contributed by atoms with E-state index in [1.807, 2.05) is 49.7 Å². The average Bonchev–Trinajstić information content (AvgIpc) is 3.29. The predicted molar refractivity (Wildman–Crippen MR) is 106 cm³/mol. The molecule has 136 valence electrons. The summed E-state index contributed by atoms with van der Waals surface area (Å²) in [7, 11) is 1.85. The summed E-state index contributed by atoms with van der Waals surface area (Å²) in [5.74, 6) is 0.451. The maximum Gasteiger partial charge on any atom is 0.255 e. The molecule has 0 fully saturated rings. The van der Waals surface area contributed by atoms with Crippen molar-refractivity contribution in [2.45, 2.75) is 13.5 Å². The first kappa shape index (κ1) is 17.2. The molecule has 0 aliphatic carbocycles. The van der Waals surface area contributed by atoms with Crippen molar-refractivity contribution >= 4 is 34.0 Å². The number of pyridine rings is 1. The van der Waals surface area contributed by atoms with E-state index in [-0.39, 0.29) is 5.91 Å². The van der Waals surface area contributed by atoms with Crippen molar-refractivity contribution in [1.82, 2.24) is 14.8 Å². The Balaban J connectivity index is 1.49. The predicted octanol–water partition coefficient (Wildman–Crippen LogP) is 4.17. The number of aryl methyl sites for hydroxylation is 2. The Morgan fingerprint density at radius 3 is 2.96 bits per heavy atom. The quantitative estimate of drug-likeness (QED) is 0.566. The summed E-state index contributed by atoms with van der Waals surface area (Å²) >= 11 is 1.64. The smallest absolute Gasteiger partial charge is 0.255 e. The van der Waals surface area contributed by atoms with E-state index in [4.69, 9.17) is 4.74 Å². The van der Waals surface area contributed by atoms with Gasteiger partial charge in [0.25, 0.3) is 5.91 Å². The van der Waals surface area contributed by atoms with Crippen LogP contribution < -0.4 is 10.1 Å². The first-order valence-electron chi connectivity index (χ1n) is 8.46. The zero-order valence-electron chi connectivity index (χ0n) is 15.0. The van der Waals surface area contributed by atoms with E-state index in [1.165, 1.54) is 0 Å². The van der Waals surface area contributed by atoms with Crippen LogP contribution in [0.1, 0.15) is 20.9 Å². The number of fused-ring (bicyclic) bond motifs is 1. The summed E-state index contributed by atoms with van der Waals surface area (Å²) in [5, 5.41) is 10.2. The molecule has 0 radical (unpaired) electrons. The van der Waals surface area contributed by atoms with E-state index in [2.05, 4.69) is 15.4 Å². The van der Waals surface area contributed by atoms with Crippen LogP contribution >= 0.6 is 11.3 Å². The molecule has 1 aromatic carbocycles. The average molecular weight is 378 g/mol. The Morgan fingerprint density at radius 2 is 2.15 bits per heavy atom. The van der Waals surface area contributed by atoms with E-state index in [0.29, 0.717) is 23.6 Å². The van der Waals surface area contributed by atoms with Gasteiger partial charge in [0.1, 0.15) is 12.4 Å². The minimum absolute atomic E-state index is 0.209. The Hall–Kier alpha value is -3.19. The van der Waals surface area contributed by atoms with Gasteiger partial charge in [-0.05, 0) is 42.6 Å². The summed E-state index contributed by atoms with van der Waals surface area (Å²) in [6.45, 7) is 2.41. The summed E-state index contributed by atoms with van der Waals surface area (Å²) in [4.78, 5) is 18.1. The van der Waals surface area contributed by atoms with Crippen LogP contribution in [0.4, 0.5) is 5.69 Å². The standard InChI is InChI=1S/C20H18N4O2S/c1-13-18-10-15(11-21-19(18)24(2)23-13)22-20(25)14-5-3-6-16(9-14)26-12-17-7-4-8-27-17/h3-11H,12H2,1-2H3,(H,22,25). The molecule has 0 spiro atoms. The summed E-state index contributed by atoms with van der Waals surface area (Å²) in [6, 6.07) is 13.0. The highest BCUT2D eigenvalue weighted by molar-refractivity contribution is 7.09. The SMILES string of the molecule is Cc1nn(C)c2ncc(NC(=O)c3cccc(OCc4cccs4)c3)cc12. The van der Waals surface area contributed by atoms with E-state index >= 15 is 0 Å². The van der Waals surface area contributed by atoms with Crippen LogP contribution in [0.3, 0.4) is 0 Å². The van der Waals surface area contributed by atoms with Crippen molar-refractivity contribution in [2.24, 2.45) is 7.05 Å². The molecule has 6 nitrogen and oxygen atoms in total. The highest BCUT2D eigenvalue weighted by Gasteiger charge is 2.11. The van der Waals surface area contributed by atoms with Gasteiger partial charge in [0.05, 0.1) is 17.6 Å². The normalized spacial score (nSPS) is 10.9. The van der Waals surface area contributed by atoms with Crippen molar-refractivity contribution < 1.29 is 9.53 Å². The molecule has 4 aromatic rings. The molecule has 0 saturated heterocycles. The topological polar surface area (TPSA) is 69.0 Å². The Labute approximate surface area is 160 Å². The Bertz CT molecular complexity index is 1100. The van der Waals surface area contributed by atoms with Gasteiger partial charge in [-0.2, -0.15) is 5.10 Å². The first-order valence-corrected chi connectivity index (χ1v) is 9.34. The maximum absolute atomic E-state index is 12.6. The van der Waals surface area contributed by atoms with E-state index < -0.39 is 0 Å². The van der Waals surface area contributed by atoms with Crippen LogP contribution in [-0.2, 0) is 13.7 Å². The van der Waals surface area contributed by atoms with Gasteiger partial charge in [-0.25, -0.2) is 4.98 Å². The number of carbonyl (C=O) groups excluding carboxylic acids is 1. The first-order chi connectivity index (χ1) is 13.1. The minimum Gasteiger partial charge on any atom is -0.488 e. The fourth-order valence-corrected chi connectivity index (χ4v) is 3.47. The van der Waals surface area contributed by atoms with Crippen LogP contribution in [0.15, 0.2) is 54.0 Å². The third kappa shape index (κ3) is 3.68. The summed E-state index contributed by atoms with van der Waals surface area (Å²) < 4.78 is 7.50. The summed E-state index contributed by atoms with van der Waals surface area (Å²) in [6.07, 6.45) is 1.64. The number of ether oxygens (including phenoxy) is 1. The van der Waals surface area contributed by atoms with Crippen LogP contribution in [0.25, 0.3) is 11.0 Å². The van der Waals surface area contributed by atoms with Gasteiger partial charge >= 0.3 is 0 Å². The van der Waals surface area contributed by atoms with Crippen molar-refractivity contribution in [1.29, 1.82) is 0 Å². The minimum atomic E-state index is -0.209. The number of nitrogens with one attached hydrogen (secondary N) is 1. The summed E-state index contributed by atoms with van der Waals surface area (Å²) in [5.41, 5.74) is 2.82. The molecule has 3 heterocycles. The van der Waals surface area contributed by atoms with E-state index in [0.717, 1.165) is 21.6 Å². The second-order valence-corrected chi connectivity index (χ2v) is 7.19. The van der Waals surface area contributed by atoms with Gasteiger partial charge in [-0.3, -0.25) is 9.48 Å². The molecule has 0 saturated carbocycles. The van der Waals surface area contributed by atoms with Gasteiger partial charge in [-0.15, -0.1) is 11.3 Å². The Morgan fingerprint density at radius 1 is 1.26 bits per heavy atom. The van der Waals surface area contributed by atoms with Gasteiger partial charge in [0, 0.05) is 22.9 Å². The third-order valence-electron chi connectivity index (χ3n) is 4.18. The number of benzene rings is 1. The lowest BCUT2D eigenvalue weighted by Gasteiger charge is -2.08. The molecule has 27 heavy (non-hydrogen) atoms. The number of nitrogens with zero attached hydrogens (tertiary/aromatic N) is 3. The van der Waals surface area contributed by atoms with Gasteiger partial charge in [-0.1, -0.05) is 12.1 Å². The molecule has 0 atom stereocenters. The molecule has 3 aromatic heterocycles. The molecule has 1 amide bonds. The molecule has 0 aliphatic heterocycles. The number of anilines is 1. The fourth-order valence-electron chi connectivity index (χ4n) is 2.86. The number of hydrogen-bond acceptors (Lipinski definition) is 5. The number of aromatic nitrogens is 3. The van der Waals surface area contributed by atoms with Crippen molar-refractivity contribution in [2.75, 3.05) is 5.32 Å². The highest BCUT2D eigenvalue weighted by atomic mass is 32.1. The zero-order chi connectivity index (χ0) is 18.8. The molecule has 7 heteroatoms. The third-order valence-corrected chi connectivity index (χ3v) is 5.03. The van der Waals surface area contributed by atoms with Crippen LogP contribution in [0, 0.1) is 6.92 Å². The van der Waals surface area contributed by atoms with Gasteiger partial charge in [0.15, 0.2) is 5.65 Å². The Kier molecular flexibility index (Phi) is 4.60. The lowest BCUT2D eigenvalue weighted by molar-refractivity contribution is 0.102. The van der Waals surface area contributed by atoms with Crippen molar-refractivity contribution in [3.05, 3.63) is 70.2 Å². The van der Waals surface area contributed by atoms with Crippen LogP contribution in [-0.4, -0.2) is 20.7 Å². The van der Waals surface area contributed by atoms with Crippen molar-refractivity contribution in [3.8, 4) is 5.75 Å². The van der Waals surface area contributed by atoms with Crippen molar-refractivity contribution in [3.63, 3.8) is 0 Å². The fraction of sp³-hybridized carbons (Fsp3) is 0.150. The van der Waals surface area contributed by atoms with Gasteiger partial charge < -0.3 is 10.1 Å². The molecule has 4 rings (SSSR count). The molecule has 0 bridgehead atoms. The highest BCUT2D eigenvalue weighted by Crippen LogP contribution is 2.21. The number of rotatable bonds is 5. The second-order valence-electron chi connectivity index (χ2n) is 6.15. The molecular weight excluding hydrogens is 360 g/mol. The monoisotopic (exact) mass is 378 g/mol. The number of thiophene rings is 1. The second kappa shape index (κ2) is 7.20. The molecule has 0 aliphatic rings. The molecular formula is C20H18N4O2S. The number of carbonyl (C=O) groups is 1. The van der Waals surface area contributed by atoms with Crippen LogP contribution in [0.5, 0.6) is 5.75 Å². The maximum atomic E-state index is 12.6. The number of hydrogen-bond donors (Lipinski definition) is 1. The molecule has 1 N–H and O–H groups in total. The largest absolute Gasteiger partial charge is 0.488 e. The van der Waals surface area contributed by atoms with E-state index in [1.54, 1.807) is 34.3 Å². The lowest BCUT2D eigenvalue weighted by atomic mass is 10.2. The molecule has 0 unspecified atom stereocenters. The van der Waals surface area contributed by atoms with E-state index in [9.17, 15) is 4.79 Å². The lowest BCUT2D eigenvalue weighted by Crippen LogP contribution is -2.12.